The van der Waals surface area contributed by atoms with E-state index < -0.39 is 0 Å². The van der Waals surface area contributed by atoms with Gasteiger partial charge < -0.3 is 33.2 Å². The number of esters is 1. The second-order valence-corrected chi connectivity index (χ2v) is 8.41. The fourth-order valence-corrected chi connectivity index (χ4v) is 4.34. The Morgan fingerprint density at radius 1 is 0.545 bits per heavy atom. The van der Waals surface area contributed by atoms with E-state index in [9.17, 15) is 4.79 Å². The largest absolute Gasteiger partial charge is 0.469 e. The van der Waals surface area contributed by atoms with Crippen LogP contribution in [-0.2, 0) is 38.0 Å². The molecule has 0 aliphatic rings. The highest BCUT2D eigenvalue weighted by Crippen LogP contribution is 2.24. The van der Waals surface area contributed by atoms with E-state index in [2.05, 4.69) is 11.7 Å². The Hall–Kier alpha value is -0.770. The second kappa shape index (κ2) is 20.6. The van der Waals surface area contributed by atoms with Crippen LogP contribution in [0.15, 0.2) is 0 Å². The molecule has 0 heterocycles. The molecule has 0 spiro atoms. The topological polar surface area (TPSA) is 81.7 Å². The van der Waals surface area contributed by atoms with Crippen molar-refractivity contribution in [2.75, 3.05) is 49.8 Å². The molecule has 8 heteroatoms. The van der Waals surface area contributed by atoms with Gasteiger partial charge in [0.25, 0.3) is 0 Å². The number of methoxy groups -OCH3 is 7. The van der Waals surface area contributed by atoms with Gasteiger partial charge in [-0.05, 0) is 19.3 Å². The van der Waals surface area contributed by atoms with Crippen LogP contribution in [0.1, 0.15) is 71.1 Å². The summed E-state index contributed by atoms with van der Waals surface area (Å²) >= 11 is 0. The van der Waals surface area contributed by atoms with Gasteiger partial charge in [-0.2, -0.15) is 0 Å². The quantitative estimate of drug-likeness (QED) is 0.169. The molecule has 0 N–H and O–H groups in total. The average Bonchev–Trinajstić information content (AvgIpc) is 2.85. The van der Waals surface area contributed by atoms with Gasteiger partial charge in [0.05, 0.1) is 43.7 Å². The zero-order valence-corrected chi connectivity index (χ0v) is 22.3. The van der Waals surface area contributed by atoms with Crippen LogP contribution in [0.5, 0.6) is 0 Å². The van der Waals surface area contributed by atoms with Gasteiger partial charge in [-0.15, -0.1) is 0 Å². The molecule has 0 aliphatic heterocycles. The van der Waals surface area contributed by atoms with Gasteiger partial charge in [0, 0.05) is 61.9 Å². The maximum Gasteiger partial charge on any atom is 0.305 e. The number of carbonyl (C=O) groups excluding carboxylic acids is 1. The van der Waals surface area contributed by atoms with Crippen LogP contribution in [0.3, 0.4) is 0 Å². The van der Waals surface area contributed by atoms with Crippen LogP contribution >= 0.6 is 0 Å². The molecule has 0 fully saturated rings. The third-order valence-corrected chi connectivity index (χ3v) is 6.49. The summed E-state index contributed by atoms with van der Waals surface area (Å²) in [6.45, 7) is 2.08. The fraction of sp³-hybridized carbons (Fsp3) is 0.960. The lowest BCUT2D eigenvalue weighted by molar-refractivity contribution is -0.140. The number of unbranched alkanes of at least 4 members (excludes halogenated alkanes) is 4. The molecule has 0 aromatic carbocycles. The molecule has 33 heavy (non-hydrogen) atoms. The molecule has 0 radical (unpaired) electrons. The minimum atomic E-state index is -0.164. The van der Waals surface area contributed by atoms with E-state index in [1.54, 1.807) is 42.7 Å². The van der Waals surface area contributed by atoms with Gasteiger partial charge in [0.15, 0.2) is 0 Å². The zero-order valence-electron chi connectivity index (χ0n) is 22.3. The second-order valence-electron chi connectivity index (χ2n) is 8.41. The Labute approximate surface area is 201 Å². The summed E-state index contributed by atoms with van der Waals surface area (Å²) in [5, 5.41) is 0. The highest BCUT2D eigenvalue weighted by Gasteiger charge is 2.33. The molecule has 198 valence electrons. The van der Waals surface area contributed by atoms with Crippen molar-refractivity contribution in [2.45, 2.75) is 108 Å². The molecular weight excluding hydrogens is 428 g/mol. The van der Waals surface area contributed by atoms with Crippen molar-refractivity contribution in [2.24, 2.45) is 0 Å². The normalized spacial score (nSPS) is 17.2. The van der Waals surface area contributed by atoms with Crippen molar-refractivity contribution in [1.29, 1.82) is 0 Å². The van der Waals surface area contributed by atoms with E-state index >= 15 is 0 Å². The van der Waals surface area contributed by atoms with Gasteiger partial charge in [0.1, 0.15) is 0 Å². The van der Waals surface area contributed by atoms with Crippen LogP contribution < -0.4 is 0 Å². The third-order valence-electron chi connectivity index (χ3n) is 6.49. The van der Waals surface area contributed by atoms with Gasteiger partial charge >= 0.3 is 5.97 Å². The van der Waals surface area contributed by atoms with Gasteiger partial charge in [-0.3, -0.25) is 4.79 Å². The Morgan fingerprint density at radius 2 is 0.939 bits per heavy atom. The Morgan fingerprint density at radius 3 is 1.36 bits per heavy atom. The summed E-state index contributed by atoms with van der Waals surface area (Å²) in [5.74, 6) is -0.135. The maximum atomic E-state index is 11.2. The zero-order chi connectivity index (χ0) is 25.1. The Bertz CT molecular complexity index is 458. The van der Waals surface area contributed by atoms with Crippen LogP contribution in [0.25, 0.3) is 0 Å². The van der Waals surface area contributed by atoms with Gasteiger partial charge in [-0.1, -0.05) is 32.6 Å². The molecule has 0 saturated heterocycles. The highest BCUT2D eigenvalue weighted by atomic mass is 16.6. The molecule has 0 aromatic rings. The van der Waals surface area contributed by atoms with Crippen LogP contribution in [0, 0.1) is 0 Å². The molecular formula is C25H50O8. The van der Waals surface area contributed by atoms with E-state index in [4.69, 9.17) is 28.4 Å². The average molecular weight is 479 g/mol. The summed E-state index contributed by atoms with van der Waals surface area (Å²) in [4.78, 5) is 11.2. The number of rotatable bonds is 22. The van der Waals surface area contributed by atoms with Gasteiger partial charge in [0.2, 0.25) is 0 Å². The molecule has 0 rings (SSSR count). The lowest BCUT2D eigenvalue weighted by Crippen LogP contribution is -2.42. The first-order valence-electron chi connectivity index (χ1n) is 12.2. The fourth-order valence-electron chi connectivity index (χ4n) is 4.34. The van der Waals surface area contributed by atoms with Crippen molar-refractivity contribution in [3.8, 4) is 0 Å². The van der Waals surface area contributed by atoms with E-state index in [0.717, 1.165) is 44.9 Å². The predicted octanol–water partition coefficient (Wildman–Crippen LogP) is 4.17. The summed E-state index contributed by atoms with van der Waals surface area (Å²) in [7, 11) is 11.7. The molecule has 0 amide bonds. The number of hydrogen-bond donors (Lipinski definition) is 0. The molecule has 6 atom stereocenters. The highest BCUT2D eigenvalue weighted by molar-refractivity contribution is 5.68. The summed E-state index contributed by atoms with van der Waals surface area (Å²) in [6, 6.07) is 0. The Kier molecular flexibility index (Phi) is 20.1. The van der Waals surface area contributed by atoms with Crippen molar-refractivity contribution < 1.29 is 38.0 Å². The minimum absolute atomic E-state index is 0.00252. The number of hydrogen-bond acceptors (Lipinski definition) is 8. The summed E-state index contributed by atoms with van der Waals surface area (Å²) < 4.78 is 39.2. The van der Waals surface area contributed by atoms with E-state index in [1.807, 2.05) is 0 Å². The van der Waals surface area contributed by atoms with Crippen molar-refractivity contribution >= 4 is 5.97 Å². The van der Waals surface area contributed by atoms with Crippen LogP contribution in [0.4, 0.5) is 0 Å². The molecule has 0 bridgehead atoms. The molecule has 6 unspecified atom stereocenters. The van der Waals surface area contributed by atoms with E-state index in [0.29, 0.717) is 19.3 Å². The first-order chi connectivity index (χ1) is 15.9. The molecule has 0 saturated carbocycles. The monoisotopic (exact) mass is 478 g/mol. The third kappa shape index (κ3) is 13.0. The number of carbonyl (C=O) groups is 1. The summed E-state index contributed by atoms with van der Waals surface area (Å²) in [5.41, 5.74) is 0. The Balaban J connectivity index is 4.75. The predicted molar refractivity (Wildman–Crippen MR) is 129 cm³/mol. The molecule has 0 aromatic heterocycles. The lowest BCUT2D eigenvalue weighted by atomic mass is 9.94. The van der Waals surface area contributed by atoms with Crippen molar-refractivity contribution in [3.63, 3.8) is 0 Å². The first-order valence-corrected chi connectivity index (χ1v) is 12.2. The van der Waals surface area contributed by atoms with E-state index in [1.165, 1.54) is 7.11 Å². The van der Waals surface area contributed by atoms with Crippen molar-refractivity contribution in [1.82, 2.24) is 0 Å². The lowest BCUT2D eigenvalue weighted by Gasteiger charge is -2.34. The summed E-state index contributed by atoms with van der Waals surface area (Å²) in [6.07, 6.45) is 8.17. The van der Waals surface area contributed by atoms with Crippen LogP contribution in [0.2, 0.25) is 0 Å². The molecule has 8 nitrogen and oxygen atoms in total. The number of ether oxygens (including phenoxy) is 7. The van der Waals surface area contributed by atoms with Gasteiger partial charge in [-0.25, -0.2) is 0 Å². The van der Waals surface area contributed by atoms with Crippen LogP contribution in [-0.4, -0.2) is 92.4 Å². The smallest absolute Gasteiger partial charge is 0.305 e. The van der Waals surface area contributed by atoms with Crippen molar-refractivity contribution in [3.05, 3.63) is 0 Å². The molecule has 0 aliphatic carbocycles. The first kappa shape index (κ1) is 32.2. The van der Waals surface area contributed by atoms with E-state index in [-0.39, 0.29) is 42.6 Å². The minimum Gasteiger partial charge on any atom is -0.469 e. The maximum absolute atomic E-state index is 11.2. The SMILES string of the molecule is CCC(OC)C(CC(OC)C(CC(OC)C(CCCCCCCC(=O)OC)OC)OC)OC. The standard InChI is InChI=1S/C25H50O8/c1-9-19(27-2)21(29-4)17-23(31-6)24(32-7)18-22(30-5)20(28-3)15-13-11-10-12-14-16-25(26)33-8/h19-24H,9-18H2,1-8H3.